The van der Waals surface area contributed by atoms with Crippen molar-refractivity contribution < 1.29 is 100 Å². The first-order valence-corrected chi connectivity index (χ1v) is 17.2. The highest BCUT2D eigenvalue weighted by Gasteiger charge is 2.56. The standard InChI is InChI=1S/C38H36O21/c1-12-24-21(10-22(52-14(3)40)25(12)38(49)50)29(47)26-27(30(24)48)32(54-16(5)42)28(34(56-18(7)44)33(26)55-17(6)43)35-37(58-20(9)46)36(57-19(8)45)31(53-15(4)41)23(59-35)11-51-13(2)39/h10,23,31,35-37H,11H2,1-9H3,(H,49,50)/t23-,31-,35?,36+,37+/m1/s1. The maximum absolute atomic E-state index is 14.9. The van der Waals surface area contributed by atoms with E-state index >= 15 is 0 Å². The predicted octanol–water partition coefficient (Wildman–Crippen LogP) is 1.97. The van der Waals surface area contributed by atoms with Gasteiger partial charge in [0.15, 0.2) is 47.1 Å². The van der Waals surface area contributed by atoms with Crippen LogP contribution < -0.4 is 18.9 Å². The van der Waals surface area contributed by atoms with Crippen molar-refractivity contribution in [2.75, 3.05) is 6.61 Å². The summed E-state index contributed by atoms with van der Waals surface area (Å²) in [5.74, 6) is -16.5. The first-order valence-electron chi connectivity index (χ1n) is 17.2. The molecule has 1 N–H and O–H groups in total. The first-order chi connectivity index (χ1) is 27.5. The van der Waals surface area contributed by atoms with Gasteiger partial charge in [0.25, 0.3) is 0 Å². The van der Waals surface area contributed by atoms with Crippen LogP contribution in [-0.2, 0) is 62.0 Å². The highest BCUT2D eigenvalue weighted by Crippen LogP contribution is 2.54. The number of benzene rings is 2. The number of hydrogen-bond donors (Lipinski definition) is 1. The molecular weight excluding hydrogens is 792 g/mol. The number of carbonyl (C=O) groups is 11. The molecule has 0 bridgehead atoms. The topological polar surface area (TPSA) is 291 Å². The number of carboxylic acids is 1. The van der Waals surface area contributed by atoms with Gasteiger partial charge in [-0.25, -0.2) is 4.79 Å². The molecule has 1 saturated heterocycles. The van der Waals surface area contributed by atoms with Crippen LogP contribution in [0.3, 0.4) is 0 Å². The van der Waals surface area contributed by atoms with E-state index < -0.39 is 164 Å². The number of ketones is 2. The highest BCUT2D eigenvalue weighted by atomic mass is 16.7. The van der Waals surface area contributed by atoms with Gasteiger partial charge in [-0.2, -0.15) is 0 Å². The third-order valence-corrected chi connectivity index (χ3v) is 8.35. The van der Waals surface area contributed by atoms with Gasteiger partial charge in [-0.15, -0.1) is 0 Å². The lowest BCUT2D eigenvalue weighted by Gasteiger charge is -2.45. The Morgan fingerprint density at radius 2 is 1.05 bits per heavy atom. The van der Waals surface area contributed by atoms with E-state index in [9.17, 15) is 57.8 Å². The lowest BCUT2D eigenvalue weighted by atomic mass is 9.77. The van der Waals surface area contributed by atoms with Crippen LogP contribution >= 0.6 is 0 Å². The lowest BCUT2D eigenvalue weighted by molar-refractivity contribution is -0.254. The monoisotopic (exact) mass is 828 g/mol. The van der Waals surface area contributed by atoms with E-state index in [-0.39, 0.29) is 0 Å². The molecule has 5 atom stereocenters. The van der Waals surface area contributed by atoms with Crippen LogP contribution in [0.25, 0.3) is 0 Å². The number of rotatable bonds is 11. The van der Waals surface area contributed by atoms with Crippen molar-refractivity contribution in [3.8, 4) is 23.0 Å². The fourth-order valence-corrected chi connectivity index (χ4v) is 6.61. The number of esters is 8. The molecule has 21 heteroatoms. The summed E-state index contributed by atoms with van der Waals surface area (Å²) < 4.78 is 49.5. The number of aromatic carboxylic acids is 1. The van der Waals surface area contributed by atoms with Crippen molar-refractivity contribution in [1.29, 1.82) is 0 Å². The number of carboxylic acid groups (broad SMARTS) is 1. The largest absolute Gasteiger partial charge is 0.478 e. The minimum Gasteiger partial charge on any atom is -0.478 e. The molecule has 59 heavy (non-hydrogen) atoms. The predicted molar refractivity (Wildman–Crippen MR) is 188 cm³/mol. The minimum atomic E-state index is -2.12. The van der Waals surface area contributed by atoms with Gasteiger partial charge in [-0.1, -0.05) is 0 Å². The molecule has 0 saturated carbocycles. The Bertz CT molecular complexity index is 2230. The summed E-state index contributed by atoms with van der Waals surface area (Å²) in [6.45, 7) is 7.60. The molecule has 1 aliphatic heterocycles. The van der Waals surface area contributed by atoms with Gasteiger partial charge in [0, 0.05) is 66.5 Å². The van der Waals surface area contributed by atoms with Crippen LogP contribution in [0.5, 0.6) is 23.0 Å². The van der Waals surface area contributed by atoms with Crippen LogP contribution in [0.4, 0.5) is 0 Å². The maximum atomic E-state index is 14.9. The molecule has 0 radical (unpaired) electrons. The Morgan fingerprint density at radius 1 is 0.576 bits per heavy atom. The van der Waals surface area contributed by atoms with Crippen LogP contribution in [0.15, 0.2) is 6.07 Å². The Kier molecular flexibility index (Phi) is 13.3. The van der Waals surface area contributed by atoms with E-state index in [0.29, 0.717) is 0 Å². The summed E-state index contributed by atoms with van der Waals surface area (Å²) in [5.41, 5.74) is -4.96. The smallest absolute Gasteiger partial charge is 0.339 e. The Morgan fingerprint density at radius 3 is 1.54 bits per heavy atom. The van der Waals surface area contributed by atoms with Gasteiger partial charge in [-0.3, -0.25) is 47.9 Å². The molecule has 314 valence electrons. The van der Waals surface area contributed by atoms with Crippen molar-refractivity contribution in [2.45, 2.75) is 92.8 Å². The molecule has 1 aliphatic carbocycles. The maximum Gasteiger partial charge on any atom is 0.339 e. The van der Waals surface area contributed by atoms with E-state index in [4.69, 9.17) is 42.6 Å². The second-order valence-corrected chi connectivity index (χ2v) is 12.9. The van der Waals surface area contributed by atoms with Gasteiger partial charge in [-0.05, 0) is 18.6 Å². The van der Waals surface area contributed by atoms with E-state index in [1.165, 1.54) is 0 Å². The summed E-state index contributed by atoms with van der Waals surface area (Å²) in [5, 5.41) is 10.1. The third kappa shape index (κ3) is 9.41. The van der Waals surface area contributed by atoms with E-state index in [1.54, 1.807) is 0 Å². The van der Waals surface area contributed by atoms with Crippen LogP contribution in [-0.4, -0.2) is 101 Å². The molecule has 0 spiro atoms. The zero-order valence-corrected chi connectivity index (χ0v) is 32.8. The average Bonchev–Trinajstić information content (AvgIpc) is 3.07. The summed E-state index contributed by atoms with van der Waals surface area (Å²) in [7, 11) is 0. The van der Waals surface area contributed by atoms with Crippen molar-refractivity contribution in [3.63, 3.8) is 0 Å². The van der Waals surface area contributed by atoms with Crippen molar-refractivity contribution in [3.05, 3.63) is 45.0 Å². The lowest BCUT2D eigenvalue weighted by Crippen LogP contribution is -2.59. The molecule has 1 heterocycles. The Hall–Kier alpha value is -7.03. The minimum absolute atomic E-state index is 0.420. The van der Waals surface area contributed by atoms with Crippen molar-refractivity contribution in [2.24, 2.45) is 0 Å². The number of carbonyl (C=O) groups excluding carboxylic acids is 10. The molecule has 2 aromatic rings. The SMILES string of the molecule is CC(=O)OC[C@H]1OC(c2c(OC(C)=O)c(OC(C)=O)c3c(c2OC(C)=O)C(=O)c2c(cc(OC(C)=O)c(C(=O)O)c2C)C3=O)[C@H](OC(C)=O)[C@@H](OC(C)=O)[C@@H]1OC(C)=O. The highest BCUT2D eigenvalue weighted by molar-refractivity contribution is 6.32. The normalized spacial score (nSPS) is 19.2. The Balaban J connectivity index is 2.29. The van der Waals surface area contributed by atoms with Gasteiger partial charge in [0.1, 0.15) is 30.1 Å². The molecule has 21 nitrogen and oxygen atoms in total. The number of ether oxygens (including phenoxy) is 9. The van der Waals surface area contributed by atoms with E-state index in [0.717, 1.165) is 68.4 Å². The second-order valence-electron chi connectivity index (χ2n) is 12.9. The van der Waals surface area contributed by atoms with Crippen LogP contribution in [0, 0.1) is 6.92 Å². The van der Waals surface area contributed by atoms with Crippen LogP contribution in [0.2, 0.25) is 0 Å². The first kappa shape index (κ1) is 44.7. The molecule has 0 amide bonds. The van der Waals surface area contributed by atoms with Gasteiger partial charge >= 0.3 is 53.7 Å². The van der Waals surface area contributed by atoms with E-state index in [1.807, 2.05) is 0 Å². The molecule has 2 aromatic carbocycles. The molecule has 1 unspecified atom stereocenters. The van der Waals surface area contributed by atoms with Crippen molar-refractivity contribution >= 4 is 65.3 Å². The fourth-order valence-electron chi connectivity index (χ4n) is 6.61. The summed E-state index contributed by atoms with van der Waals surface area (Å²) in [6, 6.07) is 0.776. The average molecular weight is 829 g/mol. The Labute approximate surface area is 333 Å². The van der Waals surface area contributed by atoms with Crippen molar-refractivity contribution in [1.82, 2.24) is 0 Å². The zero-order chi connectivity index (χ0) is 44.4. The summed E-state index contributed by atoms with van der Waals surface area (Å²) in [4.78, 5) is 142. The van der Waals surface area contributed by atoms with Gasteiger partial charge < -0.3 is 47.7 Å². The second kappa shape index (κ2) is 17.6. The van der Waals surface area contributed by atoms with Gasteiger partial charge in [0.2, 0.25) is 0 Å². The fraction of sp³-hybridized carbons (Fsp3) is 0.395. The quantitative estimate of drug-likeness (QED) is 0.164. The zero-order valence-electron chi connectivity index (χ0n) is 32.8. The molecule has 1 fully saturated rings. The molecular formula is C38H36O21. The summed E-state index contributed by atoms with van der Waals surface area (Å²) in [6.07, 6.45) is -9.48. The number of hydrogen-bond acceptors (Lipinski definition) is 20. The summed E-state index contributed by atoms with van der Waals surface area (Å²) >= 11 is 0. The molecule has 0 aromatic heterocycles. The third-order valence-electron chi connectivity index (χ3n) is 8.35. The van der Waals surface area contributed by atoms with Crippen LogP contribution in [0.1, 0.15) is 115 Å². The number of fused-ring (bicyclic) bond motifs is 2. The van der Waals surface area contributed by atoms with Gasteiger partial charge in [0.05, 0.1) is 16.7 Å². The van der Waals surface area contributed by atoms with E-state index in [2.05, 4.69) is 0 Å². The molecule has 2 aliphatic rings. The molecule has 4 rings (SSSR count).